The van der Waals surface area contributed by atoms with Gasteiger partial charge >= 0.3 is 0 Å². The van der Waals surface area contributed by atoms with Crippen molar-refractivity contribution in [2.24, 2.45) is 0 Å². The van der Waals surface area contributed by atoms with Gasteiger partial charge < -0.3 is 15.2 Å². The number of nitrogens with one attached hydrogen (secondary N) is 2. The van der Waals surface area contributed by atoms with Crippen molar-refractivity contribution in [3.05, 3.63) is 68.4 Å². The third-order valence-corrected chi connectivity index (χ3v) is 7.03. The molecule has 0 aliphatic carbocycles. The molecule has 2 N–H and O–H groups in total. The second-order valence-electron chi connectivity index (χ2n) is 7.01. The smallest absolute Gasteiger partial charge is 0.251 e. The minimum atomic E-state index is -0.221. The number of anilines is 1. The molecule has 0 radical (unpaired) electrons. The number of rotatable bonds is 8. The summed E-state index contributed by atoms with van der Waals surface area (Å²) in [6.07, 6.45) is 0. The highest BCUT2D eigenvalue weighted by Gasteiger charge is 2.15. The molecule has 0 fully saturated rings. The van der Waals surface area contributed by atoms with Crippen LogP contribution in [-0.2, 0) is 17.9 Å². The quantitative estimate of drug-likeness (QED) is 0.396. The maximum Gasteiger partial charge on any atom is 0.251 e. The van der Waals surface area contributed by atoms with Crippen molar-refractivity contribution >= 4 is 56.8 Å². The van der Waals surface area contributed by atoms with Gasteiger partial charge in [-0.25, -0.2) is 0 Å². The lowest BCUT2D eigenvalue weighted by molar-refractivity contribution is -0.113. The molecule has 7 nitrogen and oxygen atoms in total. The molecule has 0 unspecified atom stereocenters. The lowest BCUT2D eigenvalue weighted by atomic mass is 10.1. The van der Waals surface area contributed by atoms with Gasteiger partial charge in [-0.05, 0) is 68.3 Å². The average molecular weight is 537 g/mol. The first-order valence-corrected chi connectivity index (χ1v) is 12.1. The Morgan fingerprint density at radius 3 is 2.50 bits per heavy atom. The molecule has 0 saturated heterocycles. The number of hydrogen-bond donors (Lipinski definition) is 2. The largest absolute Gasteiger partial charge is 0.345 e. The van der Waals surface area contributed by atoms with Gasteiger partial charge in [0.05, 0.1) is 12.3 Å². The fourth-order valence-corrected chi connectivity index (χ4v) is 4.35. The SMILES string of the molecule is CCn1c(CNC(=O)c2ccc(Cl)cc2)nnc1SCC(=O)Nc1ccc(Br)c(C)c1C. The van der Waals surface area contributed by atoms with E-state index in [0.29, 0.717) is 28.1 Å². The average Bonchev–Trinajstić information content (AvgIpc) is 3.18. The van der Waals surface area contributed by atoms with Crippen molar-refractivity contribution in [2.45, 2.75) is 39.0 Å². The summed E-state index contributed by atoms with van der Waals surface area (Å²) in [6, 6.07) is 10.5. The lowest BCUT2D eigenvalue weighted by Crippen LogP contribution is -2.24. The van der Waals surface area contributed by atoms with Crippen LogP contribution in [0.15, 0.2) is 46.0 Å². The fourth-order valence-electron chi connectivity index (χ4n) is 2.98. The molecule has 1 aromatic heterocycles. The van der Waals surface area contributed by atoms with Crippen LogP contribution in [0.5, 0.6) is 0 Å². The Bertz CT molecular complexity index is 1130. The maximum atomic E-state index is 12.5. The second-order valence-corrected chi connectivity index (χ2v) is 9.25. The Morgan fingerprint density at radius 1 is 1.09 bits per heavy atom. The number of halogens is 2. The van der Waals surface area contributed by atoms with E-state index in [1.807, 2.05) is 37.5 Å². The topological polar surface area (TPSA) is 88.9 Å². The maximum absolute atomic E-state index is 12.5. The minimum absolute atomic E-state index is 0.122. The number of nitrogens with zero attached hydrogens (tertiary/aromatic N) is 3. The molecule has 0 atom stereocenters. The van der Waals surface area contributed by atoms with Crippen LogP contribution in [-0.4, -0.2) is 32.3 Å². The summed E-state index contributed by atoms with van der Waals surface area (Å²) in [5.41, 5.74) is 3.42. The minimum Gasteiger partial charge on any atom is -0.345 e. The second kappa shape index (κ2) is 11.0. The van der Waals surface area contributed by atoms with Crippen molar-refractivity contribution in [1.82, 2.24) is 20.1 Å². The van der Waals surface area contributed by atoms with E-state index in [4.69, 9.17) is 11.6 Å². The van der Waals surface area contributed by atoms with Crippen LogP contribution >= 0.6 is 39.3 Å². The van der Waals surface area contributed by atoms with Gasteiger partial charge in [-0.15, -0.1) is 10.2 Å². The summed E-state index contributed by atoms with van der Waals surface area (Å²) in [6.45, 7) is 6.79. The van der Waals surface area contributed by atoms with Crippen LogP contribution in [0, 0.1) is 13.8 Å². The summed E-state index contributed by atoms with van der Waals surface area (Å²) in [5.74, 6) is 0.477. The van der Waals surface area contributed by atoms with Crippen LogP contribution < -0.4 is 10.6 Å². The molecule has 3 aromatic rings. The molecule has 0 aliphatic heterocycles. The van der Waals surface area contributed by atoms with E-state index in [2.05, 4.69) is 36.8 Å². The Balaban J connectivity index is 1.58. The zero-order chi connectivity index (χ0) is 23.3. The van der Waals surface area contributed by atoms with E-state index in [0.717, 1.165) is 21.3 Å². The number of carbonyl (C=O) groups excluding carboxylic acids is 2. The summed E-state index contributed by atoms with van der Waals surface area (Å²) in [7, 11) is 0. The fraction of sp³-hybridized carbons (Fsp3) is 0.273. The van der Waals surface area contributed by atoms with Gasteiger partial charge in [-0.3, -0.25) is 9.59 Å². The third kappa shape index (κ3) is 5.90. The number of carbonyl (C=O) groups is 2. The first kappa shape index (κ1) is 24.3. The monoisotopic (exact) mass is 535 g/mol. The summed E-state index contributed by atoms with van der Waals surface area (Å²) in [4.78, 5) is 24.8. The van der Waals surface area contributed by atoms with Gasteiger partial charge in [0.1, 0.15) is 0 Å². The number of thioether (sulfide) groups is 1. The summed E-state index contributed by atoms with van der Waals surface area (Å²) >= 11 is 10.7. The van der Waals surface area contributed by atoms with E-state index >= 15 is 0 Å². The molecule has 10 heteroatoms. The lowest BCUT2D eigenvalue weighted by Gasteiger charge is -2.12. The predicted octanol–water partition coefficient (Wildman–Crippen LogP) is 4.99. The molecule has 3 rings (SSSR count). The van der Waals surface area contributed by atoms with Crippen molar-refractivity contribution in [3.8, 4) is 0 Å². The Kier molecular flexibility index (Phi) is 8.33. The van der Waals surface area contributed by atoms with Crippen molar-refractivity contribution in [2.75, 3.05) is 11.1 Å². The zero-order valence-electron chi connectivity index (χ0n) is 17.9. The van der Waals surface area contributed by atoms with Crippen molar-refractivity contribution < 1.29 is 9.59 Å². The highest BCUT2D eigenvalue weighted by atomic mass is 79.9. The van der Waals surface area contributed by atoms with Crippen LogP contribution in [0.25, 0.3) is 0 Å². The predicted molar refractivity (Wildman–Crippen MR) is 131 cm³/mol. The number of aromatic nitrogens is 3. The highest BCUT2D eigenvalue weighted by molar-refractivity contribution is 9.10. The van der Waals surface area contributed by atoms with Crippen LogP contribution in [0.4, 0.5) is 5.69 Å². The summed E-state index contributed by atoms with van der Waals surface area (Å²) < 4.78 is 2.89. The molecule has 0 aliphatic rings. The Hall–Kier alpha value is -2.36. The molecular formula is C22H23BrClN5O2S. The van der Waals surface area contributed by atoms with Crippen molar-refractivity contribution in [3.63, 3.8) is 0 Å². The van der Waals surface area contributed by atoms with Crippen LogP contribution in [0.3, 0.4) is 0 Å². The number of hydrogen-bond acceptors (Lipinski definition) is 5. The van der Waals surface area contributed by atoms with E-state index in [1.165, 1.54) is 11.8 Å². The van der Waals surface area contributed by atoms with Gasteiger partial charge in [0.25, 0.3) is 5.91 Å². The van der Waals surface area contributed by atoms with Gasteiger partial charge in [0.15, 0.2) is 11.0 Å². The van der Waals surface area contributed by atoms with E-state index in [9.17, 15) is 9.59 Å². The van der Waals surface area contributed by atoms with Gasteiger partial charge in [-0.2, -0.15) is 0 Å². The Labute approximate surface area is 204 Å². The van der Waals surface area contributed by atoms with Gasteiger partial charge in [-0.1, -0.05) is 39.3 Å². The molecule has 0 spiro atoms. The first-order valence-electron chi connectivity index (χ1n) is 9.94. The normalized spacial score (nSPS) is 10.8. The zero-order valence-corrected chi connectivity index (χ0v) is 21.1. The van der Waals surface area contributed by atoms with Crippen LogP contribution in [0.2, 0.25) is 5.02 Å². The molecule has 168 valence electrons. The van der Waals surface area contributed by atoms with Crippen molar-refractivity contribution in [1.29, 1.82) is 0 Å². The van der Waals surface area contributed by atoms with Gasteiger partial charge in [0.2, 0.25) is 5.91 Å². The first-order chi connectivity index (χ1) is 15.3. The Morgan fingerprint density at radius 2 is 1.81 bits per heavy atom. The van der Waals surface area contributed by atoms with E-state index < -0.39 is 0 Å². The number of benzene rings is 2. The molecule has 2 aromatic carbocycles. The molecule has 1 heterocycles. The molecular weight excluding hydrogens is 514 g/mol. The molecule has 2 amide bonds. The third-order valence-electron chi connectivity index (χ3n) is 4.95. The molecule has 0 bridgehead atoms. The van der Waals surface area contributed by atoms with E-state index in [-0.39, 0.29) is 24.1 Å². The highest BCUT2D eigenvalue weighted by Crippen LogP contribution is 2.26. The van der Waals surface area contributed by atoms with Gasteiger partial charge in [0, 0.05) is 27.3 Å². The number of amides is 2. The van der Waals surface area contributed by atoms with E-state index in [1.54, 1.807) is 24.3 Å². The standard InChI is InChI=1S/C22H23BrClN5O2S/c1-4-29-19(11-25-21(31)15-5-7-16(24)8-6-15)27-28-22(29)32-12-20(30)26-18-10-9-17(23)13(2)14(18)3/h5-10H,4,11-12H2,1-3H3,(H,25,31)(H,26,30). The molecule has 0 saturated carbocycles. The molecule has 32 heavy (non-hydrogen) atoms. The van der Waals surface area contributed by atoms with Crippen LogP contribution in [0.1, 0.15) is 34.2 Å². The summed E-state index contributed by atoms with van der Waals surface area (Å²) in [5, 5.41) is 15.4.